The molecule has 2 heteroatoms. The molecule has 0 spiro atoms. The highest BCUT2D eigenvalue weighted by Gasteiger charge is 1.97. The van der Waals surface area contributed by atoms with Gasteiger partial charge in [-0.2, -0.15) is 0 Å². The Morgan fingerprint density at radius 2 is 1.75 bits per heavy atom. The first kappa shape index (κ1) is 13.7. The van der Waals surface area contributed by atoms with Crippen LogP contribution in [0, 0.1) is 0 Å². The van der Waals surface area contributed by atoms with Crippen molar-refractivity contribution < 1.29 is 0 Å². The number of nitrogens with one attached hydrogen (secondary N) is 1. The zero-order valence-electron chi connectivity index (χ0n) is 10.7. The Balaban J connectivity index is 1.98. The van der Waals surface area contributed by atoms with Gasteiger partial charge in [0, 0.05) is 16.3 Å². The molecule has 0 aliphatic rings. The molecular weight excluding hydrogens is 214 g/mol. The summed E-state index contributed by atoms with van der Waals surface area (Å²) in [5.74, 6) is 0. The van der Waals surface area contributed by atoms with Crippen LogP contribution in [0.1, 0.15) is 55.7 Å². The molecular formula is C14H25NS. The van der Waals surface area contributed by atoms with Gasteiger partial charge >= 0.3 is 0 Å². The normalized spacial score (nSPS) is 10.9. The van der Waals surface area contributed by atoms with E-state index < -0.39 is 0 Å². The van der Waals surface area contributed by atoms with Crippen LogP contribution in [-0.2, 0) is 13.0 Å². The van der Waals surface area contributed by atoms with E-state index in [0.29, 0.717) is 0 Å². The second-order valence-electron chi connectivity index (χ2n) is 4.31. The van der Waals surface area contributed by atoms with Crippen molar-refractivity contribution in [2.45, 2.75) is 58.9 Å². The van der Waals surface area contributed by atoms with Crippen LogP contribution in [0.5, 0.6) is 0 Å². The molecule has 0 amide bonds. The van der Waals surface area contributed by atoms with Crippen molar-refractivity contribution in [2.24, 2.45) is 0 Å². The number of thiophene rings is 1. The van der Waals surface area contributed by atoms with Crippen molar-refractivity contribution in [2.75, 3.05) is 6.54 Å². The second-order valence-corrected chi connectivity index (χ2v) is 5.57. The monoisotopic (exact) mass is 239 g/mol. The molecule has 1 aromatic rings. The van der Waals surface area contributed by atoms with Crippen molar-refractivity contribution in [3.63, 3.8) is 0 Å². The highest BCUT2D eigenvalue weighted by molar-refractivity contribution is 7.11. The van der Waals surface area contributed by atoms with Crippen LogP contribution in [0.25, 0.3) is 0 Å². The topological polar surface area (TPSA) is 12.0 Å². The third kappa shape index (κ3) is 5.66. The van der Waals surface area contributed by atoms with Crippen molar-refractivity contribution in [1.29, 1.82) is 0 Å². The predicted molar refractivity (Wildman–Crippen MR) is 74.2 cm³/mol. The highest BCUT2D eigenvalue weighted by atomic mass is 32.1. The molecule has 0 bridgehead atoms. The van der Waals surface area contributed by atoms with Gasteiger partial charge in [0.2, 0.25) is 0 Å². The summed E-state index contributed by atoms with van der Waals surface area (Å²) < 4.78 is 0. The fourth-order valence-corrected chi connectivity index (χ4v) is 2.70. The molecule has 1 N–H and O–H groups in total. The minimum absolute atomic E-state index is 1.05. The third-order valence-electron chi connectivity index (χ3n) is 2.82. The molecule has 0 unspecified atom stereocenters. The SMILES string of the molecule is CCCCCCCNCc1ccc(CC)s1. The fraction of sp³-hybridized carbons (Fsp3) is 0.714. The summed E-state index contributed by atoms with van der Waals surface area (Å²) in [5, 5.41) is 3.53. The maximum absolute atomic E-state index is 3.53. The van der Waals surface area contributed by atoms with E-state index in [0.717, 1.165) is 6.54 Å². The van der Waals surface area contributed by atoms with E-state index in [-0.39, 0.29) is 0 Å². The molecule has 0 aromatic carbocycles. The van der Waals surface area contributed by atoms with E-state index in [9.17, 15) is 0 Å². The number of hydrogen-bond donors (Lipinski definition) is 1. The first-order valence-corrected chi connectivity index (χ1v) is 7.46. The van der Waals surface area contributed by atoms with Gasteiger partial charge in [0.05, 0.1) is 0 Å². The molecule has 0 radical (unpaired) electrons. The van der Waals surface area contributed by atoms with Crippen molar-refractivity contribution >= 4 is 11.3 Å². The molecule has 0 atom stereocenters. The van der Waals surface area contributed by atoms with Gasteiger partial charge in [-0.25, -0.2) is 0 Å². The van der Waals surface area contributed by atoms with Gasteiger partial charge in [0.25, 0.3) is 0 Å². The van der Waals surface area contributed by atoms with Crippen LogP contribution in [-0.4, -0.2) is 6.54 Å². The number of rotatable bonds is 9. The maximum Gasteiger partial charge on any atom is 0.0299 e. The zero-order chi connectivity index (χ0) is 11.6. The molecule has 0 aliphatic carbocycles. The van der Waals surface area contributed by atoms with Crippen LogP contribution in [0.3, 0.4) is 0 Å². The second kappa shape index (κ2) is 8.77. The molecule has 1 heterocycles. The van der Waals surface area contributed by atoms with Crippen molar-refractivity contribution in [3.8, 4) is 0 Å². The lowest BCUT2D eigenvalue weighted by Crippen LogP contribution is -2.13. The lowest BCUT2D eigenvalue weighted by atomic mass is 10.1. The molecule has 0 aliphatic heterocycles. The Morgan fingerprint density at radius 1 is 1.00 bits per heavy atom. The van der Waals surface area contributed by atoms with E-state index in [1.807, 2.05) is 11.3 Å². The summed E-state index contributed by atoms with van der Waals surface area (Å²) in [6.07, 6.45) is 8.00. The Hall–Kier alpha value is -0.340. The number of aryl methyl sites for hydroxylation is 1. The van der Waals surface area contributed by atoms with Crippen LogP contribution >= 0.6 is 11.3 Å². The molecule has 0 saturated carbocycles. The summed E-state index contributed by atoms with van der Waals surface area (Å²) in [5.41, 5.74) is 0. The Morgan fingerprint density at radius 3 is 2.44 bits per heavy atom. The summed E-state index contributed by atoms with van der Waals surface area (Å²) >= 11 is 1.94. The standard InChI is InChI=1S/C14H25NS/c1-3-5-6-7-8-11-15-12-14-10-9-13(4-2)16-14/h9-10,15H,3-8,11-12H2,1-2H3. The van der Waals surface area contributed by atoms with E-state index in [2.05, 4.69) is 31.3 Å². The molecule has 92 valence electrons. The maximum atomic E-state index is 3.53. The average Bonchev–Trinajstić information content (AvgIpc) is 2.76. The van der Waals surface area contributed by atoms with Crippen LogP contribution < -0.4 is 5.32 Å². The summed E-state index contributed by atoms with van der Waals surface area (Å²) in [7, 11) is 0. The largest absolute Gasteiger partial charge is 0.312 e. The van der Waals surface area contributed by atoms with Gasteiger partial charge in [-0.1, -0.05) is 39.5 Å². The van der Waals surface area contributed by atoms with Gasteiger partial charge in [-0.3, -0.25) is 0 Å². The van der Waals surface area contributed by atoms with Crippen LogP contribution in [0.15, 0.2) is 12.1 Å². The lowest BCUT2D eigenvalue weighted by Gasteiger charge is -2.02. The average molecular weight is 239 g/mol. The van der Waals surface area contributed by atoms with Crippen molar-refractivity contribution in [3.05, 3.63) is 21.9 Å². The van der Waals surface area contributed by atoms with Crippen LogP contribution in [0.2, 0.25) is 0 Å². The quantitative estimate of drug-likeness (QED) is 0.631. The predicted octanol–water partition coefficient (Wildman–Crippen LogP) is 4.37. The van der Waals surface area contributed by atoms with Gasteiger partial charge in [0.1, 0.15) is 0 Å². The van der Waals surface area contributed by atoms with Gasteiger partial charge in [0.15, 0.2) is 0 Å². The Labute approximate surface area is 104 Å². The Bertz CT molecular complexity index is 267. The van der Waals surface area contributed by atoms with Crippen LogP contribution in [0.4, 0.5) is 0 Å². The summed E-state index contributed by atoms with van der Waals surface area (Å²) in [6.45, 7) is 6.71. The van der Waals surface area contributed by atoms with E-state index in [1.165, 1.54) is 54.8 Å². The molecule has 1 rings (SSSR count). The molecule has 0 saturated heterocycles. The minimum Gasteiger partial charge on any atom is -0.312 e. The number of unbranched alkanes of at least 4 members (excludes halogenated alkanes) is 4. The minimum atomic E-state index is 1.05. The molecule has 16 heavy (non-hydrogen) atoms. The van der Waals surface area contributed by atoms with Gasteiger partial charge in [-0.05, 0) is 31.5 Å². The first-order valence-electron chi connectivity index (χ1n) is 6.65. The third-order valence-corrected chi connectivity index (χ3v) is 4.05. The van der Waals surface area contributed by atoms with Gasteiger partial charge in [-0.15, -0.1) is 11.3 Å². The molecule has 0 fully saturated rings. The van der Waals surface area contributed by atoms with E-state index in [1.54, 1.807) is 0 Å². The Kier molecular flexibility index (Phi) is 7.52. The summed E-state index contributed by atoms with van der Waals surface area (Å²) in [4.78, 5) is 2.98. The highest BCUT2D eigenvalue weighted by Crippen LogP contribution is 2.16. The smallest absolute Gasteiger partial charge is 0.0299 e. The van der Waals surface area contributed by atoms with Gasteiger partial charge < -0.3 is 5.32 Å². The summed E-state index contributed by atoms with van der Waals surface area (Å²) in [6, 6.07) is 4.51. The molecule has 1 nitrogen and oxygen atoms in total. The first-order chi connectivity index (χ1) is 7.86. The lowest BCUT2D eigenvalue weighted by molar-refractivity contribution is 0.585. The van der Waals surface area contributed by atoms with E-state index in [4.69, 9.17) is 0 Å². The van der Waals surface area contributed by atoms with Crippen molar-refractivity contribution in [1.82, 2.24) is 5.32 Å². The zero-order valence-corrected chi connectivity index (χ0v) is 11.5. The number of hydrogen-bond acceptors (Lipinski definition) is 2. The molecule has 1 aromatic heterocycles. The van der Waals surface area contributed by atoms with E-state index >= 15 is 0 Å². The fourth-order valence-electron chi connectivity index (χ4n) is 1.77.